The zero-order valence-electron chi connectivity index (χ0n) is 16.1. The number of anilines is 1. The van der Waals surface area contributed by atoms with E-state index >= 15 is 0 Å². The lowest BCUT2D eigenvalue weighted by atomic mass is 10.0. The molecule has 0 saturated heterocycles. The van der Waals surface area contributed by atoms with Gasteiger partial charge in [-0.25, -0.2) is 9.37 Å². The van der Waals surface area contributed by atoms with Gasteiger partial charge in [-0.05, 0) is 30.3 Å². The van der Waals surface area contributed by atoms with Gasteiger partial charge in [0.2, 0.25) is 0 Å². The van der Waals surface area contributed by atoms with E-state index in [0.29, 0.717) is 16.8 Å². The van der Waals surface area contributed by atoms with Crippen LogP contribution in [0, 0.1) is 5.82 Å². The van der Waals surface area contributed by atoms with E-state index in [1.807, 2.05) is 30.3 Å². The maximum Gasteiger partial charge on any atom is 0.259 e. The number of fused-ring (bicyclic) bond motifs is 1. The minimum Gasteiger partial charge on any atom is -0.335 e. The Hall–Kier alpha value is -4.39. The van der Waals surface area contributed by atoms with E-state index in [0.717, 1.165) is 5.56 Å². The van der Waals surface area contributed by atoms with Crippen LogP contribution in [0.15, 0.2) is 89.7 Å². The normalized spacial score (nSPS) is 10.9. The van der Waals surface area contributed by atoms with E-state index in [9.17, 15) is 9.18 Å². The number of hydrogen-bond donors (Lipinski definition) is 1. The Morgan fingerprint density at radius 2 is 1.68 bits per heavy atom. The first-order valence-electron chi connectivity index (χ1n) is 9.53. The van der Waals surface area contributed by atoms with Crippen molar-refractivity contribution in [3.05, 3.63) is 96.6 Å². The fraction of sp³-hybridized carbons (Fsp3) is 0. The summed E-state index contributed by atoms with van der Waals surface area (Å²) >= 11 is 0. The Labute approximate surface area is 176 Å². The van der Waals surface area contributed by atoms with Crippen molar-refractivity contribution in [2.75, 3.05) is 5.32 Å². The number of carbonyl (C=O) groups excluding carboxylic acids is 1. The number of nitrogens with zero attached hydrogens (tertiary/aromatic N) is 3. The van der Waals surface area contributed by atoms with Crippen molar-refractivity contribution >= 4 is 22.7 Å². The highest BCUT2D eigenvalue weighted by Crippen LogP contribution is 2.34. The van der Waals surface area contributed by atoms with Gasteiger partial charge in [0.25, 0.3) is 11.6 Å². The highest BCUT2D eigenvalue weighted by atomic mass is 19.1. The number of pyridine rings is 2. The van der Waals surface area contributed by atoms with Crippen molar-refractivity contribution in [1.29, 1.82) is 0 Å². The van der Waals surface area contributed by atoms with Crippen LogP contribution in [0.3, 0.4) is 0 Å². The van der Waals surface area contributed by atoms with Crippen LogP contribution >= 0.6 is 0 Å². The van der Waals surface area contributed by atoms with Crippen LogP contribution in [0.2, 0.25) is 0 Å². The number of amides is 1. The second kappa shape index (κ2) is 7.79. The number of rotatable bonds is 4. The standard InChI is InChI=1S/C24H15FN4O2/c25-19-9-5-4-8-17(19)22-21-18(23(30)27-16-10-12-26-13-11-16)14-20(28-24(21)31-29-22)15-6-2-1-3-7-15/h1-14H,(H,26,27,30). The van der Waals surface area contributed by atoms with Gasteiger partial charge in [-0.15, -0.1) is 0 Å². The molecular weight excluding hydrogens is 395 g/mol. The van der Waals surface area contributed by atoms with Gasteiger partial charge in [0, 0.05) is 29.2 Å². The summed E-state index contributed by atoms with van der Waals surface area (Å²) in [6.07, 6.45) is 3.16. The lowest BCUT2D eigenvalue weighted by molar-refractivity contribution is 0.102. The molecule has 5 rings (SSSR count). The van der Waals surface area contributed by atoms with Gasteiger partial charge in [-0.2, -0.15) is 0 Å². The SMILES string of the molecule is O=C(Nc1ccncc1)c1cc(-c2ccccc2)nc2onc(-c3ccccc3F)c12. The molecule has 0 bridgehead atoms. The van der Waals surface area contributed by atoms with Gasteiger partial charge in [0.1, 0.15) is 11.5 Å². The minimum atomic E-state index is -0.467. The largest absolute Gasteiger partial charge is 0.335 e. The zero-order valence-corrected chi connectivity index (χ0v) is 16.1. The summed E-state index contributed by atoms with van der Waals surface area (Å²) in [4.78, 5) is 21.7. The van der Waals surface area contributed by atoms with Crippen molar-refractivity contribution in [1.82, 2.24) is 15.1 Å². The summed E-state index contributed by atoms with van der Waals surface area (Å²) in [6.45, 7) is 0. The van der Waals surface area contributed by atoms with E-state index in [4.69, 9.17) is 4.52 Å². The summed E-state index contributed by atoms with van der Waals surface area (Å²) < 4.78 is 19.9. The first kappa shape index (κ1) is 18.6. The lowest BCUT2D eigenvalue weighted by Crippen LogP contribution is -2.13. The number of hydrogen-bond acceptors (Lipinski definition) is 5. The molecule has 0 aliphatic heterocycles. The Morgan fingerprint density at radius 1 is 0.935 bits per heavy atom. The van der Waals surface area contributed by atoms with Crippen LogP contribution < -0.4 is 5.32 Å². The van der Waals surface area contributed by atoms with Crippen LogP contribution in [0.5, 0.6) is 0 Å². The van der Waals surface area contributed by atoms with Crippen LogP contribution in [0.4, 0.5) is 10.1 Å². The van der Waals surface area contributed by atoms with Crippen molar-refractivity contribution < 1.29 is 13.7 Å². The molecule has 1 N–H and O–H groups in total. The topological polar surface area (TPSA) is 80.9 Å². The molecule has 0 aliphatic carbocycles. The Morgan fingerprint density at radius 3 is 2.45 bits per heavy atom. The highest BCUT2D eigenvalue weighted by Gasteiger charge is 2.23. The molecule has 3 heterocycles. The van der Waals surface area contributed by atoms with Gasteiger partial charge < -0.3 is 9.84 Å². The molecule has 1 amide bonds. The van der Waals surface area contributed by atoms with Gasteiger partial charge in [0.05, 0.1) is 16.6 Å². The number of carbonyl (C=O) groups is 1. The van der Waals surface area contributed by atoms with Crippen molar-refractivity contribution in [2.45, 2.75) is 0 Å². The third-order valence-corrected chi connectivity index (χ3v) is 4.83. The number of nitrogens with one attached hydrogen (secondary N) is 1. The molecule has 7 heteroatoms. The predicted octanol–water partition coefficient (Wildman–Crippen LogP) is 5.34. The quantitative estimate of drug-likeness (QED) is 0.432. The summed E-state index contributed by atoms with van der Waals surface area (Å²) in [5.74, 6) is -0.859. The molecule has 0 saturated carbocycles. The van der Waals surface area contributed by atoms with Crippen molar-refractivity contribution in [3.8, 4) is 22.5 Å². The fourth-order valence-corrected chi connectivity index (χ4v) is 3.36. The van der Waals surface area contributed by atoms with Crippen molar-refractivity contribution in [3.63, 3.8) is 0 Å². The molecule has 6 nitrogen and oxygen atoms in total. The van der Waals surface area contributed by atoms with E-state index < -0.39 is 11.7 Å². The Balaban J connectivity index is 1.72. The Kier molecular flexibility index (Phi) is 4.68. The summed E-state index contributed by atoms with van der Waals surface area (Å²) in [6, 6.07) is 20.6. The second-order valence-corrected chi connectivity index (χ2v) is 6.80. The maximum atomic E-state index is 14.5. The highest BCUT2D eigenvalue weighted by molar-refractivity contribution is 6.15. The van der Waals surface area contributed by atoms with Crippen LogP contribution in [-0.4, -0.2) is 21.0 Å². The molecule has 0 atom stereocenters. The third kappa shape index (κ3) is 3.53. The smallest absolute Gasteiger partial charge is 0.259 e. The summed E-state index contributed by atoms with van der Waals surface area (Å²) in [7, 11) is 0. The summed E-state index contributed by atoms with van der Waals surface area (Å²) in [5.41, 5.74) is 2.82. The average Bonchev–Trinajstić information content (AvgIpc) is 3.24. The van der Waals surface area contributed by atoms with E-state index in [1.165, 1.54) is 6.07 Å². The number of benzene rings is 2. The predicted molar refractivity (Wildman–Crippen MR) is 115 cm³/mol. The molecule has 31 heavy (non-hydrogen) atoms. The summed E-state index contributed by atoms with van der Waals surface area (Å²) in [5, 5.41) is 7.23. The minimum absolute atomic E-state index is 0.152. The molecule has 5 aromatic rings. The maximum absolute atomic E-state index is 14.5. The first-order valence-corrected chi connectivity index (χ1v) is 9.53. The molecule has 0 unspecified atom stereocenters. The van der Waals surface area contributed by atoms with E-state index in [-0.39, 0.29) is 22.5 Å². The van der Waals surface area contributed by atoms with Crippen LogP contribution in [0.1, 0.15) is 10.4 Å². The van der Waals surface area contributed by atoms with Gasteiger partial charge in [-0.3, -0.25) is 9.78 Å². The van der Waals surface area contributed by atoms with Crippen molar-refractivity contribution in [2.24, 2.45) is 0 Å². The van der Waals surface area contributed by atoms with E-state index in [1.54, 1.807) is 48.8 Å². The molecule has 2 aromatic carbocycles. The van der Waals surface area contributed by atoms with E-state index in [2.05, 4.69) is 20.4 Å². The molecule has 0 spiro atoms. The molecular formula is C24H15FN4O2. The monoisotopic (exact) mass is 410 g/mol. The fourth-order valence-electron chi connectivity index (χ4n) is 3.36. The van der Waals surface area contributed by atoms with Gasteiger partial charge in [0.15, 0.2) is 0 Å². The number of halogens is 1. The van der Waals surface area contributed by atoms with Crippen LogP contribution in [0.25, 0.3) is 33.6 Å². The lowest BCUT2D eigenvalue weighted by Gasteiger charge is -2.09. The Bertz CT molecular complexity index is 1390. The van der Waals surface area contributed by atoms with Gasteiger partial charge in [-0.1, -0.05) is 47.6 Å². The second-order valence-electron chi connectivity index (χ2n) is 6.80. The number of aromatic nitrogens is 3. The molecule has 150 valence electrons. The molecule has 0 radical (unpaired) electrons. The molecule has 0 fully saturated rings. The molecule has 3 aromatic heterocycles. The average molecular weight is 410 g/mol. The van der Waals surface area contributed by atoms with Crippen LogP contribution in [-0.2, 0) is 0 Å². The zero-order chi connectivity index (χ0) is 21.2. The van der Waals surface area contributed by atoms with Gasteiger partial charge >= 0.3 is 0 Å². The first-order chi connectivity index (χ1) is 15.2. The third-order valence-electron chi connectivity index (χ3n) is 4.83. The molecule has 0 aliphatic rings.